The Hall–Kier alpha value is -2.11. The lowest BCUT2D eigenvalue weighted by Crippen LogP contribution is -2.37. The van der Waals surface area contributed by atoms with Gasteiger partial charge in [-0.15, -0.1) is 0 Å². The number of hydrogen-bond acceptors (Lipinski definition) is 3. The molecule has 0 atom stereocenters. The van der Waals surface area contributed by atoms with Crippen LogP contribution < -0.4 is 10.6 Å². The largest absolute Gasteiger partial charge is 0.469 e. The summed E-state index contributed by atoms with van der Waals surface area (Å²) in [6.45, 7) is 0.859. The van der Waals surface area contributed by atoms with Crippen molar-refractivity contribution in [2.24, 2.45) is 0 Å². The van der Waals surface area contributed by atoms with Crippen molar-refractivity contribution in [3.63, 3.8) is 0 Å². The molecule has 0 unspecified atom stereocenters. The lowest BCUT2D eigenvalue weighted by Gasteiger charge is -2.08. The molecule has 0 fully saturated rings. The van der Waals surface area contributed by atoms with Gasteiger partial charge in [-0.1, -0.05) is 18.2 Å². The van der Waals surface area contributed by atoms with Crippen molar-refractivity contribution >= 4 is 12.0 Å². The number of benzene rings is 1. The van der Waals surface area contributed by atoms with Gasteiger partial charge in [-0.05, 0) is 30.9 Å². The Balaban J connectivity index is 2.07. The predicted octanol–water partition coefficient (Wildman–Crippen LogP) is 2.01. The normalized spacial score (nSPS) is 10.0. The summed E-state index contributed by atoms with van der Waals surface area (Å²) in [4.78, 5) is 22.3. The van der Waals surface area contributed by atoms with Crippen LogP contribution in [0.5, 0.6) is 0 Å². The highest BCUT2D eigenvalue weighted by Crippen LogP contribution is 2.06. The fourth-order valence-electron chi connectivity index (χ4n) is 1.77. The molecule has 0 heterocycles. The van der Waals surface area contributed by atoms with E-state index in [0.29, 0.717) is 44.3 Å². The van der Waals surface area contributed by atoms with Gasteiger partial charge in [0, 0.05) is 19.5 Å². The van der Waals surface area contributed by atoms with Crippen LogP contribution in [0, 0.1) is 5.82 Å². The molecule has 0 aliphatic rings. The number of carbonyl (C=O) groups excluding carboxylic acids is 2. The second kappa shape index (κ2) is 9.74. The van der Waals surface area contributed by atoms with E-state index in [1.807, 2.05) is 0 Å². The third-order valence-corrected chi connectivity index (χ3v) is 2.96. The van der Waals surface area contributed by atoms with Crippen LogP contribution in [0.15, 0.2) is 24.3 Å². The van der Waals surface area contributed by atoms with Crippen molar-refractivity contribution in [1.82, 2.24) is 10.6 Å². The number of carbonyl (C=O) groups is 2. The lowest BCUT2D eigenvalue weighted by atomic mass is 10.1. The fourth-order valence-corrected chi connectivity index (χ4v) is 1.77. The first-order valence-electron chi connectivity index (χ1n) is 6.95. The Bertz CT molecular complexity index is 466. The van der Waals surface area contributed by atoms with Gasteiger partial charge in [-0.2, -0.15) is 0 Å². The molecule has 0 saturated heterocycles. The van der Waals surface area contributed by atoms with Crippen molar-refractivity contribution in [3.8, 4) is 0 Å². The van der Waals surface area contributed by atoms with Crippen LogP contribution in [-0.4, -0.2) is 32.2 Å². The van der Waals surface area contributed by atoms with E-state index >= 15 is 0 Å². The van der Waals surface area contributed by atoms with Crippen LogP contribution in [0.4, 0.5) is 9.18 Å². The number of ether oxygens (including phenoxy) is 1. The van der Waals surface area contributed by atoms with E-state index in [1.54, 1.807) is 18.2 Å². The summed E-state index contributed by atoms with van der Waals surface area (Å²) in [5, 5.41) is 5.34. The van der Waals surface area contributed by atoms with E-state index in [0.717, 1.165) is 0 Å². The number of hydrogen-bond donors (Lipinski definition) is 2. The van der Waals surface area contributed by atoms with Crippen molar-refractivity contribution < 1.29 is 18.7 Å². The molecular formula is C15H21FN2O3. The van der Waals surface area contributed by atoms with Crippen LogP contribution in [0.1, 0.15) is 24.8 Å². The maximum atomic E-state index is 13.3. The average Bonchev–Trinajstić information content (AvgIpc) is 2.48. The van der Waals surface area contributed by atoms with Crippen LogP contribution >= 0.6 is 0 Å². The summed E-state index contributed by atoms with van der Waals surface area (Å²) >= 11 is 0. The second-order valence-electron chi connectivity index (χ2n) is 4.56. The molecule has 0 aliphatic heterocycles. The van der Waals surface area contributed by atoms with Crippen molar-refractivity contribution in [1.29, 1.82) is 0 Å². The number of urea groups is 1. The zero-order chi connectivity index (χ0) is 15.5. The predicted molar refractivity (Wildman–Crippen MR) is 77.4 cm³/mol. The van der Waals surface area contributed by atoms with Crippen LogP contribution in [-0.2, 0) is 16.0 Å². The molecule has 116 valence electrons. The molecule has 1 aromatic rings. The number of rotatable bonds is 8. The monoisotopic (exact) mass is 296 g/mol. The SMILES string of the molecule is COC(=O)CCCCNC(=O)NCCc1ccccc1F. The van der Waals surface area contributed by atoms with Crippen LogP contribution in [0.25, 0.3) is 0 Å². The molecule has 1 rings (SSSR count). The van der Waals surface area contributed by atoms with E-state index in [4.69, 9.17) is 0 Å². The average molecular weight is 296 g/mol. The van der Waals surface area contributed by atoms with E-state index in [1.165, 1.54) is 13.2 Å². The zero-order valence-corrected chi connectivity index (χ0v) is 12.2. The van der Waals surface area contributed by atoms with Gasteiger partial charge >= 0.3 is 12.0 Å². The fraction of sp³-hybridized carbons (Fsp3) is 0.467. The molecular weight excluding hydrogens is 275 g/mol. The minimum absolute atomic E-state index is 0.246. The molecule has 21 heavy (non-hydrogen) atoms. The van der Waals surface area contributed by atoms with E-state index < -0.39 is 0 Å². The van der Waals surface area contributed by atoms with Gasteiger partial charge in [-0.25, -0.2) is 9.18 Å². The van der Waals surface area contributed by atoms with E-state index in [9.17, 15) is 14.0 Å². The van der Waals surface area contributed by atoms with Gasteiger partial charge in [0.25, 0.3) is 0 Å². The van der Waals surface area contributed by atoms with Gasteiger partial charge < -0.3 is 15.4 Å². The maximum Gasteiger partial charge on any atom is 0.314 e. The van der Waals surface area contributed by atoms with Gasteiger partial charge in [0.1, 0.15) is 5.82 Å². The first kappa shape index (κ1) is 16.9. The number of halogens is 1. The first-order valence-corrected chi connectivity index (χ1v) is 6.95. The Kier molecular flexibility index (Phi) is 7.86. The minimum atomic E-state index is -0.288. The van der Waals surface area contributed by atoms with Crippen LogP contribution in [0.2, 0.25) is 0 Å². The molecule has 2 N–H and O–H groups in total. The summed E-state index contributed by atoms with van der Waals surface area (Å²) in [5.74, 6) is -0.508. The molecule has 6 heteroatoms. The van der Waals surface area contributed by atoms with Gasteiger partial charge in [0.05, 0.1) is 7.11 Å². The van der Waals surface area contributed by atoms with Crippen LogP contribution in [0.3, 0.4) is 0 Å². The van der Waals surface area contributed by atoms with Gasteiger partial charge in [0.15, 0.2) is 0 Å². The summed E-state index contributed by atoms with van der Waals surface area (Å²) < 4.78 is 17.8. The van der Waals surface area contributed by atoms with Gasteiger partial charge in [-0.3, -0.25) is 4.79 Å². The van der Waals surface area contributed by atoms with Crippen molar-refractivity contribution in [2.75, 3.05) is 20.2 Å². The number of nitrogens with one attached hydrogen (secondary N) is 2. The molecule has 0 bridgehead atoms. The quantitative estimate of drug-likeness (QED) is 0.569. The lowest BCUT2D eigenvalue weighted by molar-refractivity contribution is -0.140. The number of esters is 1. The van der Waals surface area contributed by atoms with Crippen molar-refractivity contribution in [2.45, 2.75) is 25.7 Å². The molecule has 1 aromatic carbocycles. The molecule has 0 aliphatic carbocycles. The van der Waals surface area contributed by atoms with Gasteiger partial charge in [0.2, 0.25) is 0 Å². The molecule has 2 amide bonds. The topological polar surface area (TPSA) is 67.4 Å². The number of methoxy groups -OCH3 is 1. The standard InChI is InChI=1S/C15H21FN2O3/c1-21-14(19)8-4-5-10-17-15(20)18-11-9-12-6-2-3-7-13(12)16/h2-3,6-7H,4-5,8-11H2,1H3,(H2,17,18,20). The molecule has 0 saturated carbocycles. The first-order chi connectivity index (χ1) is 10.1. The van der Waals surface area contributed by atoms with Crippen molar-refractivity contribution in [3.05, 3.63) is 35.6 Å². The Morgan fingerprint density at radius 2 is 1.86 bits per heavy atom. The maximum absolute atomic E-state index is 13.3. The summed E-state index contributed by atoms with van der Waals surface area (Å²) in [5.41, 5.74) is 0.580. The second-order valence-corrected chi connectivity index (χ2v) is 4.56. The smallest absolute Gasteiger partial charge is 0.314 e. The summed E-state index contributed by atoms with van der Waals surface area (Å²) in [6, 6.07) is 6.20. The van der Waals surface area contributed by atoms with E-state index in [2.05, 4.69) is 15.4 Å². The molecule has 0 spiro atoms. The third-order valence-electron chi connectivity index (χ3n) is 2.96. The zero-order valence-electron chi connectivity index (χ0n) is 12.2. The highest BCUT2D eigenvalue weighted by molar-refractivity contribution is 5.73. The minimum Gasteiger partial charge on any atom is -0.469 e. The number of unbranched alkanes of at least 4 members (excludes halogenated alkanes) is 1. The molecule has 0 radical (unpaired) electrons. The molecule has 0 aromatic heterocycles. The summed E-state index contributed by atoms with van der Waals surface area (Å²) in [7, 11) is 1.35. The Morgan fingerprint density at radius 1 is 1.14 bits per heavy atom. The molecule has 5 nitrogen and oxygen atoms in total. The summed E-state index contributed by atoms with van der Waals surface area (Å²) in [6.07, 6.45) is 2.17. The Morgan fingerprint density at radius 3 is 2.57 bits per heavy atom. The highest BCUT2D eigenvalue weighted by Gasteiger charge is 2.03. The Labute approximate surface area is 123 Å². The third kappa shape index (κ3) is 7.29. The number of amides is 2. The highest BCUT2D eigenvalue weighted by atomic mass is 19.1. The van der Waals surface area contributed by atoms with E-state index in [-0.39, 0.29) is 17.8 Å².